The second-order valence-corrected chi connectivity index (χ2v) is 7.93. The van der Waals surface area contributed by atoms with E-state index in [1.54, 1.807) is 6.07 Å². The summed E-state index contributed by atoms with van der Waals surface area (Å²) in [7, 11) is -3.67. The van der Waals surface area contributed by atoms with Gasteiger partial charge in [-0.05, 0) is 42.3 Å². The van der Waals surface area contributed by atoms with Gasteiger partial charge in [-0.15, -0.1) is 0 Å². The lowest BCUT2D eigenvalue weighted by molar-refractivity contribution is -0.121. The Hall–Kier alpha value is -2.67. The zero-order chi connectivity index (χ0) is 17.6. The van der Waals surface area contributed by atoms with E-state index >= 15 is 0 Å². The third-order valence-corrected chi connectivity index (χ3v) is 6.41. The van der Waals surface area contributed by atoms with Gasteiger partial charge < -0.3 is 0 Å². The Morgan fingerprint density at radius 1 is 0.800 bits per heavy atom. The zero-order valence-corrected chi connectivity index (χ0v) is 14.2. The van der Waals surface area contributed by atoms with E-state index in [-0.39, 0.29) is 29.6 Å². The van der Waals surface area contributed by atoms with Crippen LogP contribution in [0.5, 0.6) is 0 Å². The molecule has 2 aliphatic heterocycles. The number of fused-ring (bicyclic) bond motifs is 1. The maximum absolute atomic E-state index is 12.9. The van der Waals surface area contributed by atoms with Crippen molar-refractivity contribution in [1.29, 1.82) is 0 Å². The van der Waals surface area contributed by atoms with Crippen molar-refractivity contribution >= 4 is 33.2 Å². The van der Waals surface area contributed by atoms with Crippen LogP contribution in [-0.4, -0.2) is 26.8 Å². The van der Waals surface area contributed by atoms with Crippen LogP contribution in [-0.2, 0) is 26.0 Å². The molecule has 0 aliphatic carbocycles. The summed E-state index contributed by atoms with van der Waals surface area (Å²) in [6, 6.07) is 13.4. The van der Waals surface area contributed by atoms with E-state index in [0.29, 0.717) is 24.3 Å². The van der Waals surface area contributed by atoms with Crippen molar-refractivity contribution in [2.24, 2.45) is 0 Å². The highest BCUT2D eigenvalue weighted by molar-refractivity contribution is 7.92. The number of sulfonamides is 1. The van der Waals surface area contributed by atoms with Gasteiger partial charge in [-0.1, -0.05) is 18.2 Å². The largest absolute Gasteiger partial charge is 0.274 e. The highest BCUT2D eigenvalue weighted by Gasteiger charge is 2.32. The van der Waals surface area contributed by atoms with Crippen LogP contribution in [0.15, 0.2) is 53.4 Å². The number of nitrogens with zero attached hydrogens (tertiary/aromatic N) is 2. The minimum absolute atomic E-state index is 0.145. The van der Waals surface area contributed by atoms with Crippen LogP contribution in [0, 0.1) is 0 Å². The highest BCUT2D eigenvalue weighted by Crippen LogP contribution is 2.33. The molecule has 2 heterocycles. The van der Waals surface area contributed by atoms with Gasteiger partial charge in [0.15, 0.2) is 0 Å². The van der Waals surface area contributed by atoms with Crippen molar-refractivity contribution in [1.82, 2.24) is 0 Å². The number of hydrogen-bond donors (Lipinski definition) is 0. The van der Waals surface area contributed by atoms with Crippen LogP contribution < -0.4 is 9.21 Å². The second-order valence-electron chi connectivity index (χ2n) is 6.07. The lowest BCUT2D eigenvalue weighted by Gasteiger charge is -2.20. The molecule has 2 aromatic carbocycles. The van der Waals surface area contributed by atoms with E-state index < -0.39 is 10.0 Å². The molecule has 0 aromatic heterocycles. The van der Waals surface area contributed by atoms with Gasteiger partial charge in [-0.3, -0.25) is 18.8 Å². The maximum Gasteiger partial charge on any atom is 0.264 e. The molecular formula is C18H16N2O4S. The number of benzene rings is 2. The minimum atomic E-state index is -3.67. The second kappa shape index (κ2) is 5.70. The number of anilines is 2. The summed E-state index contributed by atoms with van der Waals surface area (Å²) >= 11 is 0. The maximum atomic E-state index is 12.9. The van der Waals surface area contributed by atoms with E-state index in [1.165, 1.54) is 28.6 Å². The zero-order valence-electron chi connectivity index (χ0n) is 13.4. The third kappa shape index (κ3) is 2.51. The molecule has 0 saturated carbocycles. The Morgan fingerprint density at radius 3 is 2.12 bits per heavy atom. The Balaban J connectivity index is 1.66. The fourth-order valence-corrected chi connectivity index (χ4v) is 4.82. The average molecular weight is 356 g/mol. The number of carbonyl (C=O) groups excluding carboxylic acids is 2. The fourth-order valence-electron chi connectivity index (χ4n) is 3.32. The Kier molecular flexibility index (Phi) is 3.61. The molecule has 6 nitrogen and oxygen atoms in total. The fraction of sp³-hybridized carbons (Fsp3) is 0.222. The smallest absolute Gasteiger partial charge is 0.264 e. The van der Waals surface area contributed by atoms with Gasteiger partial charge in [-0.25, -0.2) is 8.42 Å². The molecule has 1 fully saturated rings. The van der Waals surface area contributed by atoms with E-state index in [1.807, 2.05) is 18.2 Å². The molecule has 2 amide bonds. The summed E-state index contributed by atoms with van der Waals surface area (Å²) in [6.07, 6.45) is 1.08. The molecule has 25 heavy (non-hydrogen) atoms. The first-order valence-corrected chi connectivity index (χ1v) is 9.49. The molecule has 0 atom stereocenters. The summed E-state index contributed by atoms with van der Waals surface area (Å²) in [4.78, 5) is 24.8. The molecule has 4 rings (SSSR count). The van der Waals surface area contributed by atoms with E-state index in [4.69, 9.17) is 0 Å². The van der Waals surface area contributed by atoms with E-state index in [0.717, 1.165) is 10.5 Å². The lowest BCUT2D eigenvalue weighted by atomic mass is 10.2. The van der Waals surface area contributed by atoms with Crippen LogP contribution >= 0.6 is 0 Å². The molecule has 7 heteroatoms. The van der Waals surface area contributed by atoms with Crippen LogP contribution in [0.25, 0.3) is 0 Å². The van der Waals surface area contributed by atoms with Gasteiger partial charge in [0, 0.05) is 19.4 Å². The number of para-hydroxylation sites is 1. The highest BCUT2D eigenvalue weighted by atomic mass is 32.2. The van der Waals surface area contributed by atoms with Crippen molar-refractivity contribution in [3.05, 3.63) is 54.1 Å². The third-order valence-electron chi connectivity index (χ3n) is 4.58. The number of carbonyl (C=O) groups is 2. The van der Waals surface area contributed by atoms with Gasteiger partial charge in [-0.2, -0.15) is 0 Å². The molecule has 0 N–H and O–H groups in total. The SMILES string of the molecule is O=C1CCC(=O)N1c1ccc(S(=O)(=O)N2CCc3ccccc32)cc1. The molecule has 0 spiro atoms. The van der Waals surface area contributed by atoms with Gasteiger partial charge in [0.2, 0.25) is 11.8 Å². The Labute approximate surface area is 145 Å². The number of rotatable bonds is 3. The quantitative estimate of drug-likeness (QED) is 0.789. The molecule has 2 aliphatic rings. The van der Waals surface area contributed by atoms with Crippen LogP contribution in [0.1, 0.15) is 18.4 Å². The van der Waals surface area contributed by atoms with Gasteiger partial charge in [0.05, 0.1) is 16.3 Å². The van der Waals surface area contributed by atoms with Gasteiger partial charge >= 0.3 is 0 Å². The summed E-state index contributed by atoms with van der Waals surface area (Å²) in [6.45, 7) is 0.409. The summed E-state index contributed by atoms with van der Waals surface area (Å²) in [5.41, 5.74) is 2.13. The Morgan fingerprint density at radius 2 is 1.44 bits per heavy atom. The van der Waals surface area contributed by atoms with E-state index in [2.05, 4.69) is 0 Å². The summed E-state index contributed by atoms with van der Waals surface area (Å²) in [5, 5.41) is 0. The molecular weight excluding hydrogens is 340 g/mol. The Bertz CT molecular complexity index is 951. The average Bonchev–Trinajstić information content (AvgIpc) is 3.19. The van der Waals surface area contributed by atoms with Crippen LogP contribution in [0.3, 0.4) is 0 Å². The van der Waals surface area contributed by atoms with Crippen molar-refractivity contribution in [2.45, 2.75) is 24.2 Å². The number of imide groups is 1. The molecule has 2 aromatic rings. The van der Waals surface area contributed by atoms with Gasteiger partial charge in [0.1, 0.15) is 0 Å². The topological polar surface area (TPSA) is 74.8 Å². The first kappa shape index (κ1) is 15.8. The number of amides is 2. The lowest BCUT2D eigenvalue weighted by Crippen LogP contribution is -2.30. The molecule has 0 bridgehead atoms. The van der Waals surface area contributed by atoms with Crippen molar-refractivity contribution in [2.75, 3.05) is 15.7 Å². The molecule has 1 saturated heterocycles. The standard InChI is InChI=1S/C18H16N2O4S/c21-17-9-10-18(22)20(17)14-5-7-15(8-6-14)25(23,24)19-12-11-13-3-1-2-4-16(13)19/h1-8H,9-12H2. The van der Waals surface area contributed by atoms with Crippen LogP contribution in [0.4, 0.5) is 11.4 Å². The molecule has 0 radical (unpaired) electrons. The summed E-state index contributed by atoms with van der Waals surface area (Å²) in [5.74, 6) is -0.511. The molecule has 128 valence electrons. The van der Waals surface area contributed by atoms with Crippen molar-refractivity contribution in [3.8, 4) is 0 Å². The molecule has 0 unspecified atom stereocenters. The predicted molar refractivity (Wildman–Crippen MR) is 92.8 cm³/mol. The van der Waals surface area contributed by atoms with Crippen LogP contribution in [0.2, 0.25) is 0 Å². The minimum Gasteiger partial charge on any atom is -0.274 e. The predicted octanol–water partition coefficient (Wildman–Crippen LogP) is 2.09. The van der Waals surface area contributed by atoms with Gasteiger partial charge in [0.25, 0.3) is 10.0 Å². The van der Waals surface area contributed by atoms with Crippen molar-refractivity contribution in [3.63, 3.8) is 0 Å². The number of hydrogen-bond acceptors (Lipinski definition) is 4. The first-order chi connectivity index (χ1) is 12.0. The van der Waals surface area contributed by atoms with Crippen molar-refractivity contribution < 1.29 is 18.0 Å². The normalized spacial score (nSPS) is 17.3. The van der Waals surface area contributed by atoms with E-state index in [9.17, 15) is 18.0 Å². The monoisotopic (exact) mass is 356 g/mol. The summed E-state index contributed by atoms with van der Waals surface area (Å²) < 4.78 is 27.3. The first-order valence-electron chi connectivity index (χ1n) is 8.05.